The van der Waals surface area contributed by atoms with Crippen LogP contribution in [0.3, 0.4) is 0 Å². The van der Waals surface area contributed by atoms with Crippen LogP contribution in [-0.4, -0.2) is 44.6 Å². The summed E-state index contributed by atoms with van der Waals surface area (Å²) in [7, 11) is 0. The number of benzene rings is 1. The molecule has 3 heterocycles. The normalized spacial score (nSPS) is 18.0. The van der Waals surface area contributed by atoms with Crippen molar-refractivity contribution in [3.05, 3.63) is 42.4 Å². The lowest BCUT2D eigenvalue weighted by Crippen LogP contribution is -2.22. The number of hydrogen-bond donors (Lipinski definition) is 1. The van der Waals surface area contributed by atoms with Crippen molar-refractivity contribution >= 4 is 16.9 Å². The van der Waals surface area contributed by atoms with Crippen molar-refractivity contribution in [1.29, 1.82) is 0 Å². The van der Waals surface area contributed by atoms with E-state index in [2.05, 4.69) is 20.0 Å². The highest BCUT2D eigenvalue weighted by Crippen LogP contribution is 2.29. The van der Waals surface area contributed by atoms with Gasteiger partial charge in [-0.25, -0.2) is 14.6 Å². The molecular weight excluding hydrogens is 290 g/mol. The number of hydrogen-bond acceptors (Lipinski definition) is 5. The van der Waals surface area contributed by atoms with Crippen LogP contribution in [0.1, 0.15) is 12.2 Å². The zero-order chi connectivity index (χ0) is 15.8. The largest absolute Gasteiger partial charge is 0.396 e. The number of fused-ring (bicyclic) bond motifs is 1. The minimum absolute atomic E-state index is 0.229. The van der Waals surface area contributed by atoms with Crippen LogP contribution >= 0.6 is 0 Å². The molecule has 6 nitrogen and oxygen atoms in total. The highest BCUT2D eigenvalue weighted by molar-refractivity contribution is 5.88. The molecule has 0 saturated carbocycles. The van der Waals surface area contributed by atoms with E-state index in [0.717, 1.165) is 47.9 Å². The Morgan fingerprint density at radius 1 is 1.22 bits per heavy atom. The third-order valence-corrected chi connectivity index (χ3v) is 4.36. The van der Waals surface area contributed by atoms with Gasteiger partial charge in [0.15, 0.2) is 5.65 Å². The zero-order valence-corrected chi connectivity index (χ0v) is 13.1. The standard InChI is InChI=1S/C17H19N5O/c1-12-19-16(21-8-7-13(10-21)11-23)15-9-18-22(17(15)20-12)14-5-3-2-4-6-14/h2-6,9,13,23H,7-8,10-11H2,1H3/t13-/m0/s1. The van der Waals surface area contributed by atoms with Crippen LogP contribution in [-0.2, 0) is 0 Å². The Balaban J connectivity index is 1.83. The van der Waals surface area contributed by atoms with Crippen LogP contribution in [0.2, 0.25) is 0 Å². The maximum Gasteiger partial charge on any atom is 0.168 e. The van der Waals surface area contributed by atoms with Gasteiger partial charge < -0.3 is 10.0 Å². The van der Waals surface area contributed by atoms with Gasteiger partial charge >= 0.3 is 0 Å². The fourth-order valence-corrected chi connectivity index (χ4v) is 3.17. The molecule has 23 heavy (non-hydrogen) atoms. The molecule has 1 aliphatic rings. The number of para-hydroxylation sites is 1. The summed E-state index contributed by atoms with van der Waals surface area (Å²) in [6.45, 7) is 3.88. The van der Waals surface area contributed by atoms with Gasteiger partial charge in [0.2, 0.25) is 0 Å². The number of nitrogens with zero attached hydrogens (tertiary/aromatic N) is 5. The van der Waals surface area contributed by atoms with Gasteiger partial charge in [0.05, 0.1) is 17.3 Å². The first kappa shape index (κ1) is 14.1. The van der Waals surface area contributed by atoms with E-state index in [1.165, 1.54) is 0 Å². The van der Waals surface area contributed by atoms with Crippen LogP contribution < -0.4 is 4.90 Å². The molecule has 1 aromatic carbocycles. The summed E-state index contributed by atoms with van der Waals surface area (Å²) in [6, 6.07) is 10.00. The second-order valence-electron chi connectivity index (χ2n) is 6.01. The minimum Gasteiger partial charge on any atom is -0.396 e. The fourth-order valence-electron chi connectivity index (χ4n) is 3.17. The Morgan fingerprint density at radius 2 is 2.04 bits per heavy atom. The van der Waals surface area contributed by atoms with E-state index >= 15 is 0 Å². The molecule has 3 aromatic rings. The summed E-state index contributed by atoms with van der Waals surface area (Å²) in [4.78, 5) is 11.5. The van der Waals surface area contributed by atoms with Gasteiger partial charge in [0.25, 0.3) is 0 Å². The molecule has 1 aliphatic heterocycles. The summed E-state index contributed by atoms with van der Waals surface area (Å²) in [5.74, 6) is 1.98. The molecule has 0 unspecified atom stereocenters. The minimum atomic E-state index is 0.229. The van der Waals surface area contributed by atoms with Crippen LogP contribution in [0.25, 0.3) is 16.7 Å². The van der Waals surface area contributed by atoms with E-state index < -0.39 is 0 Å². The van der Waals surface area contributed by atoms with Gasteiger partial charge in [0.1, 0.15) is 11.6 Å². The molecule has 6 heteroatoms. The maximum atomic E-state index is 9.38. The van der Waals surface area contributed by atoms with Crippen molar-refractivity contribution in [1.82, 2.24) is 19.7 Å². The lowest BCUT2D eigenvalue weighted by atomic mass is 10.1. The molecule has 0 bridgehead atoms. The number of aliphatic hydroxyl groups excluding tert-OH is 1. The summed E-state index contributed by atoms with van der Waals surface area (Å²) in [6.07, 6.45) is 2.83. The average Bonchev–Trinajstić information content (AvgIpc) is 3.21. The molecule has 118 valence electrons. The first-order valence-corrected chi connectivity index (χ1v) is 7.90. The van der Waals surface area contributed by atoms with Crippen molar-refractivity contribution in [3.8, 4) is 5.69 Å². The first-order valence-electron chi connectivity index (χ1n) is 7.90. The van der Waals surface area contributed by atoms with E-state index in [4.69, 9.17) is 0 Å². The summed E-state index contributed by atoms with van der Waals surface area (Å²) < 4.78 is 1.85. The van der Waals surface area contributed by atoms with Crippen LogP contribution in [0, 0.1) is 12.8 Å². The maximum absolute atomic E-state index is 9.38. The van der Waals surface area contributed by atoms with Gasteiger partial charge in [-0.15, -0.1) is 0 Å². The quantitative estimate of drug-likeness (QED) is 0.801. The zero-order valence-electron chi connectivity index (χ0n) is 13.1. The Bertz CT molecular complexity index is 830. The van der Waals surface area contributed by atoms with Crippen LogP contribution in [0.15, 0.2) is 36.5 Å². The van der Waals surface area contributed by atoms with Crippen molar-refractivity contribution in [3.63, 3.8) is 0 Å². The Labute approximate surface area is 134 Å². The lowest BCUT2D eigenvalue weighted by Gasteiger charge is -2.18. The Morgan fingerprint density at radius 3 is 2.78 bits per heavy atom. The van der Waals surface area contributed by atoms with E-state index in [0.29, 0.717) is 5.92 Å². The van der Waals surface area contributed by atoms with Crippen molar-refractivity contribution in [2.75, 3.05) is 24.6 Å². The van der Waals surface area contributed by atoms with Crippen molar-refractivity contribution < 1.29 is 5.11 Å². The molecule has 4 rings (SSSR count). The van der Waals surface area contributed by atoms with Gasteiger partial charge in [-0.05, 0) is 25.5 Å². The third-order valence-electron chi connectivity index (χ3n) is 4.36. The molecular formula is C17H19N5O. The number of aliphatic hydroxyl groups is 1. The SMILES string of the molecule is Cc1nc(N2CC[C@H](CO)C2)c2cnn(-c3ccccc3)c2n1. The molecule has 0 spiro atoms. The molecule has 1 atom stereocenters. The van der Waals surface area contributed by atoms with Gasteiger partial charge in [-0.3, -0.25) is 0 Å². The average molecular weight is 309 g/mol. The molecule has 1 N–H and O–H groups in total. The predicted octanol–water partition coefficient (Wildman–Crippen LogP) is 1.94. The monoisotopic (exact) mass is 309 g/mol. The highest BCUT2D eigenvalue weighted by atomic mass is 16.3. The predicted molar refractivity (Wildman–Crippen MR) is 88.8 cm³/mol. The molecule has 0 radical (unpaired) electrons. The Kier molecular flexibility index (Phi) is 3.46. The fraction of sp³-hybridized carbons (Fsp3) is 0.353. The van der Waals surface area contributed by atoms with Crippen molar-refractivity contribution in [2.45, 2.75) is 13.3 Å². The number of rotatable bonds is 3. The smallest absolute Gasteiger partial charge is 0.168 e. The second-order valence-corrected chi connectivity index (χ2v) is 6.01. The van der Waals surface area contributed by atoms with Crippen LogP contribution in [0.5, 0.6) is 0 Å². The third kappa shape index (κ3) is 2.45. The van der Waals surface area contributed by atoms with Gasteiger partial charge in [0, 0.05) is 25.6 Å². The molecule has 1 fully saturated rings. The van der Waals surface area contributed by atoms with E-state index in [1.807, 2.05) is 48.1 Å². The topological polar surface area (TPSA) is 67.1 Å². The number of aryl methyl sites for hydroxylation is 1. The lowest BCUT2D eigenvalue weighted by molar-refractivity contribution is 0.238. The molecule has 0 amide bonds. The van der Waals surface area contributed by atoms with E-state index in [1.54, 1.807) is 0 Å². The highest BCUT2D eigenvalue weighted by Gasteiger charge is 2.25. The first-order chi connectivity index (χ1) is 11.3. The van der Waals surface area contributed by atoms with Crippen LogP contribution in [0.4, 0.5) is 5.82 Å². The van der Waals surface area contributed by atoms with E-state index in [-0.39, 0.29) is 6.61 Å². The molecule has 0 aliphatic carbocycles. The number of aromatic nitrogens is 4. The molecule has 1 saturated heterocycles. The van der Waals surface area contributed by atoms with Gasteiger partial charge in [-0.1, -0.05) is 18.2 Å². The van der Waals surface area contributed by atoms with Gasteiger partial charge in [-0.2, -0.15) is 5.10 Å². The second kappa shape index (κ2) is 5.62. The Hall–Kier alpha value is -2.47. The van der Waals surface area contributed by atoms with Crippen molar-refractivity contribution in [2.24, 2.45) is 5.92 Å². The molecule has 2 aromatic heterocycles. The summed E-state index contributed by atoms with van der Waals surface area (Å²) in [5.41, 5.74) is 1.81. The number of anilines is 1. The van der Waals surface area contributed by atoms with E-state index in [9.17, 15) is 5.11 Å². The summed E-state index contributed by atoms with van der Waals surface area (Å²) >= 11 is 0. The summed E-state index contributed by atoms with van der Waals surface area (Å²) in [5, 5.41) is 14.8.